The minimum atomic E-state index is -4.54. The van der Waals surface area contributed by atoms with Gasteiger partial charge in [-0.1, -0.05) is 6.92 Å². The highest BCUT2D eigenvalue weighted by atomic mass is 35.5. The molecule has 0 fully saturated rings. The molecule has 23 heavy (non-hydrogen) atoms. The van der Waals surface area contributed by atoms with Gasteiger partial charge in [-0.05, 0) is 25.2 Å². The van der Waals surface area contributed by atoms with Crippen LogP contribution in [-0.2, 0) is 15.8 Å². The second-order valence-electron chi connectivity index (χ2n) is 4.89. The summed E-state index contributed by atoms with van der Waals surface area (Å²) in [7, 11) is 1.66. The summed E-state index contributed by atoms with van der Waals surface area (Å²) in [6.45, 7) is 3.24. The van der Waals surface area contributed by atoms with Crippen LogP contribution in [0.1, 0.15) is 19.4 Å². The zero-order valence-electron chi connectivity index (χ0n) is 12.9. The van der Waals surface area contributed by atoms with Crippen LogP contribution in [0.5, 0.6) is 0 Å². The minimum absolute atomic E-state index is 0. The molecule has 0 bridgehead atoms. The summed E-state index contributed by atoms with van der Waals surface area (Å²) in [5, 5.41) is 7.62. The molecular formula is C14H19ClF3N3O2. The zero-order chi connectivity index (χ0) is 16.9. The van der Waals surface area contributed by atoms with Gasteiger partial charge in [0.05, 0.1) is 16.9 Å². The Labute approximate surface area is 138 Å². The van der Waals surface area contributed by atoms with Crippen LogP contribution >= 0.6 is 12.4 Å². The Kier molecular flexibility index (Phi) is 8.05. The van der Waals surface area contributed by atoms with E-state index in [1.807, 2.05) is 0 Å². The molecule has 0 saturated carbocycles. The second kappa shape index (κ2) is 8.73. The van der Waals surface area contributed by atoms with Crippen molar-refractivity contribution < 1.29 is 22.8 Å². The van der Waals surface area contributed by atoms with Crippen LogP contribution in [0, 0.1) is 5.92 Å². The number of carbonyl (C=O) groups excluding carboxylic acids is 2. The van der Waals surface area contributed by atoms with Gasteiger partial charge in [0.2, 0.25) is 11.8 Å². The lowest BCUT2D eigenvalue weighted by Gasteiger charge is -2.17. The first-order valence-electron chi connectivity index (χ1n) is 6.59. The van der Waals surface area contributed by atoms with E-state index >= 15 is 0 Å². The number of nitrogens with one attached hydrogen (secondary N) is 3. The van der Waals surface area contributed by atoms with E-state index in [1.54, 1.807) is 14.0 Å². The number of hydrogen-bond donors (Lipinski definition) is 3. The molecule has 130 valence electrons. The first kappa shape index (κ1) is 21.2. The van der Waals surface area contributed by atoms with Crippen molar-refractivity contribution in [3.8, 4) is 0 Å². The van der Waals surface area contributed by atoms with Crippen LogP contribution in [0.25, 0.3) is 0 Å². The van der Waals surface area contributed by atoms with Gasteiger partial charge in [0.25, 0.3) is 0 Å². The van der Waals surface area contributed by atoms with Gasteiger partial charge in [-0.15, -0.1) is 12.4 Å². The number of rotatable bonds is 5. The first-order chi connectivity index (χ1) is 10.1. The smallest absolute Gasteiger partial charge is 0.325 e. The molecule has 0 aromatic heterocycles. The van der Waals surface area contributed by atoms with Gasteiger partial charge in [-0.2, -0.15) is 13.2 Å². The van der Waals surface area contributed by atoms with Crippen molar-refractivity contribution >= 4 is 35.6 Å². The molecule has 0 spiro atoms. The molecule has 1 aromatic carbocycles. The minimum Gasteiger partial charge on any atom is -0.325 e. The van der Waals surface area contributed by atoms with E-state index < -0.39 is 29.5 Å². The fourth-order valence-electron chi connectivity index (χ4n) is 1.78. The number of halogens is 4. The Morgan fingerprint density at radius 3 is 2.26 bits per heavy atom. The summed E-state index contributed by atoms with van der Waals surface area (Å²) >= 11 is 0. The molecule has 5 nitrogen and oxygen atoms in total. The van der Waals surface area contributed by atoms with Crippen molar-refractivity contribution in [3.05, 3.63) is 23.8 Å². The third-order valence-corrected chi connectivity index (χ3v) is 2.87. The van der Waals surface area contributed by atoms with Gasteiger partial charge in [-0.25, -0.2) is 0 Å². The molecule has 0 heterocycles. The van der Waals surface area contributed by atoms with Gasteiger partial charge in [0, 0.05) is 19.4 Å². The number of anilines is 2. The van der Waals surface area contributed by atoms with Crippen molar-refractivity contribution in [2.24, 2.45) is 5.92 Å². The van der Waals surface area contributed by atoms with E-state index in [2.05, 4.69) is 16.0 Å². The van der Waals surface area contributed by atoms with E-state index in [1.165, 1.54) is 6.92 Å². The number of carbonyl (C=O) groups is 2. The number of hydrogen-bond acceptors (Lipinski definition) is 3. The van der Waals surface area contributed by atoms with Crippen LogP contribution in [-0.4, -0.2) is 25.4 Å². The Morgan fingerprint density at radius 2 is 1.78 bits per heavy atom. The summed E-state index contributed by atoms with van der Waals surface area (Å²) in [6, 6.07) is 2.76. The third-order valence-electron chi connectivity index (χ3n) is 2.87. The second-order valence-corrected chi connectivity index (χ2v) is 4.89. The lowest BCUT2D eigenvalue weighted by atomic mass is 10.1. The van der Waals surface area contributed by atoms with Gasteiger partial charge in [0.15, 0.2) is 0 Å². The fraction of sp³-hybridized carbons (Fsp3) is 0.429. The van der Waals surface area contributed by atoms with E-state index in [9.17, 15) is 22.8 Å². The molecule has 2 amide bonds. The highest BCUT2D eigenvalue weighted by molar-refractivity contribution is 5.99. The number of benzene rings is 1. The zero-order valence-corrected chi connectivity index (χ0v) is 13.7. The molecule has 0 aliphatic heterocycles. The van der Waals surface area contributed by atoms with E-state index in [0.717, 1.165) is 18.2 Å². The third kappa shape index (κ3) is 6.45. The summed E-state index contributed by atoms with van der Waals surface area (Å²) in [5.74, 6) is -1.33. The normalized spacial score (nSPS) is 12.1. The SMILES string of the molecule is CNCC(C)C(=O)Nc1cc(C(F)(F)F)ccc1NC(C)=O.Cl. The summed E-state index contributed by atoms with van der Waals surface area (Å²) in [6.07, 6.45) is -4.54. The first-order valence-corrected chi connectivity index (χ1v) is 6.59. The standard InChI is InChI=1S/C14H18F3N3O2.ClH/c1-8(7-18-3)13(22)20-12-6-10(14(15,16)17)4-5-11(12)19-9(2)21;/h4-6,8,18H,7H2,1-3H3,(H,19,21)(H,20,22);1H. The fourth-order valence-corrected chi connectivity index (χ4v) is 1.78. The lowest BCUT2D eigenvalue weighted by Crippen LogP contribution is -2.29. The van der Waals surface area contributed by atoms with E-state index in [-0.39, 0.29) is 23.8 Å². The van der Waals surface area contributed by atoms with Crippen molar-refractivity contribution in [1.82, 2.24) is 5.32 Å². The van der Waals surface area contributed by atoms with Crippen LogP contribution in [0.4, 0.5) is 24.5 Å². The quantitative estimate of drug-likeness (QED) is 0.762. The molecule has 1 unspecified atom stereocenters. The Hall–Kier alpha value is -1.80. The molecule has 1 atom stereocenters. The van der Waals surface area contributed by atoms with Gasteiger partial charge in [-0.3, -0.25) is 9.59 Å². The van der Waals surface area contributed by atoms with Crippen molar-refractivity contribution in [2.75, 3.05) is 24.2 Å². The Balaban J connectivity index is 0.00000484. The highest BCUT2D eigenvalue weighted by Gasteiger charge is 2.31. The van der Waals surface area contributed by atoms with E-state index in [0.29, 0.717) is 6.54 Å². The van der Waals surface area contributed by atoms with Crippen LogP contribution in [0.15, 0.2) is 18.2 Å². The average Bonchev–Trinajstić information content (AvgIpc) is 2.39. The van der Waals surface area contributed by atoms with Crippen molar-refractivity contribution in [2.45, 2.75) is 20.0 Å². The summed E-state index contributed by atoms with van der Waals surface area (Å²) in [5.41, 5.74) is -0.873. The monoisotopic (exact) mass is 353 g/mol. The Bertz CT molecular complexity index is 565. The van der Waals surface area contributed by atoms with Crippen LogP contribution in [0.3, 0.4) is 0 Å². The molecule has 0 aliphatic rings. The summed E-state index contributed by atoms with van der Waals surface area (Å²) in [4.78, 5) is 23.1. The maximum Gasteiger partial charge on any atom is 0.416 e. The molecular weight excluding hydrogens is 335 g/mol. The van der Waals surface area contributed by atoms with Gasteiger partial charge < -0.3 is 16.0 Å². The maximum atomic E-state index is 12.8. The maximum absolute atomic E-state index is 12.8. The van der Waals surface area contributed by atoms with Crippen LogP contribution < -0.4 is 16.0 Å². The van der Waals surface area contributed by atoms with Gasteiger partial charge in [0.1, 0.15) is 0 Å². The Morgan fingerprint density at radius 1 is 1.17 bits per heavy atom. The summed E-state index contributed by atoms with van der Waals surface area (Å²) < 4.78 is 38.3. The number of amides is 2. The highest BCUT2D eigenvalue weighted by Crippen LogP contribution is 2.34. The lowest BCUT2D eigenvalue weighted by molar-refractivity contribution is -0.137. The van der Waals surface area contributed by atoms with E-state index in [4.69, 9.17) is 0 Å². The molecule has 0 aliphatic carbocycles. The predicted molar refractivity (Wildman–Crippen MR) is 84.7 cm³/mol. The number of alkyl halides is 3. The molecule has 9 heteroatoms. The topological polar surface area (TPSA) is 70.2 Å². The van der Waals surface area contributed by atoms with Crippen molar-refractivity contribution in [3.63, 3.8) is 0 Å². The molecule has 1 aromatic rings. The predicted octanol–water partition coefficient (Wildman–Crippen LogP) is 2.88. The van der Waals surface area contributed by atoms with Gasteiger partial charge >= 0.3 is 6.18 Å². The largest absolute Gasteiger partial charge is 0.416 e. The van der Waals surface area contributed by atoms with Crippen LogP contribution in [0.2, 0.25) is 0 Å². The molecule has 3 N–H and O–H groups in total. The molecule has 0 radical (unpaired) electrons. The average molecular weight is 354 g/mol. The van der Waals surface area contributed by atoms with Crippen molar-refractivity contribution in [1.29, 1.82) is 0 Å². The molecule has 0 saturated heterocycles. The molecule has 1 rings (SSSR count).